The lowest BCUT2D eigenvalue weighted by Gasteiger charge is -2.26. The zero-order valence-electron chi connectivity index (χ0n) is 21.3. The first-order valence-electron chi connectivity index (χ1n) is 11.8. The highest BCUT2D eigenvalue weighted by molar-refractivity contribution is 5.94. The first-order valence-corrected chi connectivity index (χ1v) is 11.8. The summed E-state index contributed by atoms with van der Waals surface area (Å²) in [5, 5.41) is 25.5. The monoisotopic (exact) mass is 515 g/mol. The predicted molar refractivity (Wildman–Crippen MR) is 132 cm³/mol. The van der Waals surface area contributed by atoms with E-state index in [2.05, 4.69) is 20.9 Å². The fourth-order valence-electron chi connectivity index (χ4n) is 3.29. The number of carboxylic acid groups (broad SMARTS) is 2. The molecular formula is C22H41N7O7. The number of carboxylic acids is 2. The third-order valence-corrected chi connectivity index (χ3v) is 4.97. The number of hydrogen-bond donors (Lipinski definition) is 8. The van der Waals surface area contributed by atoms with E-state index in [0.717, 1.165) is 0 Å². The van der Waals surface area contributed by atoms with E-state index in [1.54, 1.807) is 0 Å². The van der Waals surface area contributed by atoms with Crippen molar-refractivity contribution in [1.29, 1.82) is 0 Å². The van der Waals surface area contributed by atoms with Gasteiger partial charge in [0.25, 0.3) is 0 Å². The van der Waals surface area contributed by atoms with Crippen LogP contribution in [0.1, 0.15) is 59.8 Å². The summed E-state index contributed by atoms with van der Waals surface area (Å²) in [6.07, 6.45) is 0.0782. The Labute approximate surface area is 210 Å². The molecule has 14 nitrogen and oxygen atoms in total. The van der Waals surface area contributed by atoms with Crippen molar-refractivity contribution in [1.82, 2.24) is 16.0 Å². The lowest BCUT2D eigenvalue weighted by atomic mass is 10.00. The van der Waals surface area contributed by atoms with E-state index >= 15 is 0 Å². The normalized spacial score (nSPS) is 14.3. The molecule has 0 aromatic rings. The Hall–Kier alpha value is -3.42. The minimum absolute atomic E-state index is 0.00322. The van der Waals surface area contributed by atoms with Gasteiger partial charge in [-0.15, -0.1) is 0 Å². The van der Waals surface area contributed by atoms with E-state index < -0.39 is 60.2 Å². The molecule has 0 aliphatic heterocycles. The number of aliphatic carboxylic acids is 2. The second-order valence-electron chi connectivity index (χ2n) is 9.43. The second kappa shape index (κ2) is 16.3. The minimum atomic E-state index is -1.70. The summed E-state index contributed by atoms with van der Waals surface area (Å²) >= 11 is 0. The molecule has 0 aromatic heterocycles. The Morgan fingerprint density at radius 3 is 1.75 bits per heavy atom. The van der Waals surface area contributed by atoms with Gasteiger partial charge in [-0.05, 0) is 37.5 Å². The molecule has 4 atom stereocenters. The summed E-state index contributed by atoms with van der Waals surface area (Å²) in [4.78, 5) is 64.6. The standard InChI is InChI=1S/C22H41N7O7/c1-11(2)8-13(23)18(32)28-15(9-12(3)4)20(34)27-14(6-5-7-26-22(24)25)19(33)29-16(21(35)36)10-17(30)31/h11-16H,5-10,23H2,1-4H3,(H,27,34)(H,28,32)(H,29,33)(H,30,31)(H,35,36)(H4,24,25,26). The van der Waals surface area contributed by atoms with Crippen molar-refractivity contribution in [3.8, 4) is 0 Å². The summed E-state index contributed by atoms with van der Waals surface area (Å²) in [5.41, 5.74) is 16.5. The minimum Gasteiger partial charge on any atom is -0.481 e. The Balaban J connectivity index is 5.65. The van der Waals surface area contributed by atoms with Crippen molar-refractivity contribution >= 4 is 35.6 Å². The molecule has 36 heavy (non-hydrogen) atoms. The Morgan fingerprint density at radius 1 is 0.778 bits per heavy atom. The zero-order chi connectivity index (χ0) is 28.0. The number of nitrogens with one attached hydrogen (secondary N) is 3. The maximum atomic E-state index is 13.1. The number of amides is 3. The summed E-state index contributed by atoms with van der Waals surface area (Å²) in [5.74, 6) is -5.03. The van der Waals surface area contributed by atoms with Crippen LogP contribution >= 0.6 is 0 Å². The maximum absolute atomic E-state index is 13.1. The van der Waals surface area contributed by atoms with Gasteiger partial charge in [0, 0.05) is 6.54 Å². The Morgan fingerprint density at radius 2 is 1.28 bits per heavy atom. The Bertz CT molecular complexity index is 798. The molecule has 206 valence electrons. The number of hydrogen-bond acceptors (Lipinski definition) is 7. The average molecular weight is 516 g/mol. The molecule has 0 aliphatic rings. The summed E-state index contributed by atoms with van der Waals surface area (Å²) in [6, 6.07) is -4.76. The van der Waals surface area contributed by atoms with Gasteiger partial charge in [0.1, 0.15) is 18.1 Å². The third-order valence-electron chi connectivity index (χ3n) is 4.97. The van der Waals surface area contributed by atoms with Crippen LogP contribution in [0.5, 0.6) is 0 Å². The number of nitrogens with two attached hydrogens (primary N) is 3. The molecule has 0 aliphatic carbocycles. The van der Waals surface area contributed by atoms with Gasteiger partial charge in [0.15, 0.2) is 5.96 Å². The van der Waals surface area contributed by atoms with E-state index in [9.17, 15) is 29.1 Å². The van der Waals surface area contributed by atoms with Crippen LogP contribution in [0, 0.1) is 11.8 Å². The fraction of sp³-hybridized carbons (Fsp3) is 0.727. The maximum Gasteiger partial charge on any atom is 0.326 e. The van der Waals surface area contributed by atoms with Gasteiger partial charge in [0.2, 0.25) is 17.7 Å². The number of rotatable bonds is 17. The number of guanidine groups is 1. The molecule has 0 fully saturated rings. The van der Waals surface area contributed by atoms with Crippen LogP contribution in [-0.4, -0.2) is 76.5 Å². The van der Waals surface area contributed by atoms with Crippen LogP contribution in [0.25, 0.3) is 0 Å². The van der Waals surface area contributed by atoms with Crippen LogP contribution in [0.15, 0.2) is 4.99 Å². The van der Waals surface area contributed by atoms with Gasteiger partial charge in [-0.1, -0.05) is 27.7 Å². The lowest BCUT2D eigenvalue weighted by Crippen LogP contribution is -2.57. The van der Waals surface area contributed by atoms with E-state index in [4.69, 9.17) is 22.3 Å². The van der Waals surface area contributed by atoms with Crippen LogP contribution in [-0.2, 0) is 24.0 Å². The molecule has 11 N–H and O–H groups in total. The van der Waals surface area contributed by atoms with Crippen molar-refractivity contribution in [3.63, 3.8) is 0 Å². The highest BCUT2D eigenvalue weighted by atomic mass is 16.4. The summed E-state index contributed by atoms with van der Waals surface area (Å²) < 4.78 is 0. The van der Waals surface area contributed by atoms with Crippen molar-refractivity contribution < 1.29 is 34.2 Å². The largest absolute Gasteiger partial charge is 0.481 e. The van der Waals surface area contributed by atoms with Crippen LogP contribution < -0.4 is 33.2 Å². The fourth-order valence-corrected chi connectivity index (χ4v) is 3.29. The van der Waals surface area contributed by atoms with Crippen molar-refractivity contribution in [2.75, 3.05) is 6.54 Å². The first-order chi connectivity index (χ1) is 16.6. The van der Waals surface area contributed by atoms with E-state index in [0.29, 0.717) is 6.42 Å². The van der Waals surface area contributed by atoms with Gasteiger partial charge in [-0.3, -0.25) is 24.2 Å². The van der Waals surface area contributed by atoms with E-state index in [1.807, 2.05) is 27.7 Å². The SMILES string of the molecule is CC(C)CC(N)C(=O)NC(CC(C)C)C(=O)NC(CCCN=C(N)N)C(=O)NC(CC(=O)O)C(=O)O. The molecule has 4 unspecified atom stereocenters. The zero-order valence-corrected chi connectivity index (χ0v) is 21.3. The highest BCUT2D eigenvalue weighted by Gasteiger charge is 2.31. The topological polar surface area (TPSA) is 252 Å². The van der Waals surface area contributed by atoms with Gasteiger partial charge in [-0.2, -0.15) is 0 Å². The van der Waals surface area contributed by atoms with Crippen molar-refractivity contribution in [2.24, 2.45) is 34.0 Å². The van der Waals surface area contributed by atoms with Crippen molar-refractivity contribution in [3.05, 3.63) is 0 Å². The van der Waals surface area contributed by atoms with Gasteiger partial charge >= 0.3 is 11.9 Å². The molecule has 3 amide bonds. The molecule has 14 heteroatoms. The number of aliphatic imine (C=N–C) groups is 1. The van der Waals surface area contributed by atoms with Gasteiger partial charge in [-0.25, -0.2) is 4.79 Å². The molecule has 0 rings (SSSR count). The van der Waals surface area contributed by atoms with E-state index in [-0.39, 0.29) is 43.6 Å². The van der Waals surface area contributed by atoms with Crippen LogP contribution in [0.3, 0.4) is 0 Å². The molecule has 0 heterocycles. The number of nitrogens with zero attached hydrogens (tertiary/aromatic N) is 1. The van der Waals surface area contributed by atoms with E-state index in [1.165, 1.54) is 0 Å². The van der Waals surface area contributed by atoms with Crippen molar-refractivity contribution in [2.45, 2.75) is 84.0 Å². The number of carbonyl (C=O) groups is 5. The van der Waals surface area contributed by atoms with Gasteiger partial charge < -0.3 is 43.4 Å². The molecule has 0 radical (unpaired) electrons. The highest BCUT2D eigenvalue weighted by Crippen LogP contribution is 2.09. The average Bonchev–Trinajstić information content (AvgIpc) is 2.73. The van der Waals surface area contributed by atoms with Gasteiger partial charge in [0.05, 0.1) is 12.5 Å². The third kappa shape index (κ3) is 14.1. The predicted octanol–water partition coefficient (Wildman–Crippen LogP) is -1.53. The molecule has 0 bridgehead atoms. The second-order valence-corrected chi connectivity index (χ2v) is 9.43. The summed E-state index contributed by atoms with van der Waals surface area (Å²) in [6.45, 7) is 7.65. The Kier molecular flexibility index (Phi) is 14.7. The number of carbonyl (C=O) groups excluding carboxylic acids is 3. The molecule has 0 spiro atoms. The summed E-state index contributed by atoms with van der Waals surface area (Å²) in [7, 11) is 0. The lowest BCUT2D eigenvalue weighted by molar-refractivity contribution is -0.147. The first kappa shape index (κ1) is 32.6. The van der Waals surface area contributed by atoms with Crippen LogP contribution in [0.4, 0.5) is 0 Å². The van der Waals surface area contributed by atoms with Crippen LogP contribution in [0.2, 0.25) is 0 Å². The molecule has 0 saturated carbocycles. The molecule has 0 saturated heterocycles. The molecule has 0 aromatic carbocycles. The quantitative estimate of drug-likeness (QED) is 0.0630. The molecular weight excluding hydrogens is 474 g/mol. The smallest absolute Gasteiger partial charge is 0.326 e.